The Kier molecular flexibility index (Phi) is 5.03. The minimum absolute atomic E-state index is 0.111. The molecule has 4 nitrogen and oxygen atoms in total. The van der Waals surface area contributed by atoms with Crippen molar-refractivity contribution in [3.05, 3.63) is 53.9 Å². The number of amidine groups is 1. The fourth-order valence-corrected chi connectivity index (χ4v) is 2.66. The monoisotopic (exact) mass is 317 g/mol. The molecular formula is C17H20ClN3O. The number of halogens is 1. The molecule has 0 saturated carbocycles. The Hall–Kier alpha value is -2.07. The average molecular weight is 318 g/mol. The highest BCUT2D eigenvalue weighted by Crippen LogP contribution is 2.29. The lowest BCUT2D eigenvalue weighted by molar-refractivity contribution is -0.115. The SMILES string of the molecule is C=C(C1=NC=CCN1C)N(C(=O)CCl)c1c(C)cccc1C. The number of hydrogen-bond donors (Lipinski definition) is 0. The van der Waals surface area contributed by atoms with Crippen LogP contribution in [0.1, 0.15) is 11.1 Å². The molecule has 2 rings (SSSR count). The van der Waals surface area contributed by atoms with Gasteiger partial charge in [-0.05, 0) is 31.1 Å². The molecule has 0 unspecified atom stereocenters. The van der Waals surface area contributed by atoms with Crippen molar-refractivity contribution in [2.45, 2.75) is 13.8 Å². The van der Waals surface area contributed by atoms with Crippen LogP contribution in [-0.4, -0.2) is 36.1 Å². The maximum Gasteiger partial charge on any atom is 0.246 e. The molecule has 22 heavy (non-hydrogen) atoms. The minimum atomic E-state index is -0.213. The number of benzene rings is 1. The second-order valence-corrected chi connectivity index (χ2v) is 5.54. The van der Waals surface area contributed by atoms with Crippen LogP contribution in [-0.2, 0) is 4.79 Å². The summed E-state index contributed by atoms with van der Waals surface area (Å²) in [5.41, 5.74) is 3.35. The molecule has 1 amide bonds. The van der Waals surface area contributed by atoms with Crippen molar-refractivity contribution in [1.29, 1.82) is 0 Å². The molecule has 0 bridgehead atoms. The van der Waals surface area contributed by atoms with Crippen LogP contribution in [0.4, 0.5) is 5.69 Å². The highest BCUT2D eigenvalue weighted by atomic mass is 35.5. The third-order valence-electron chi connectivity index (χ3n) is 3.60. The Morgan fingerprint density at radius 2 is 2.05 bits per heavy atom. The molecule has 1 aromatic rings. The predicted molar refractivity (Wildman–Crippen MR) is 92.5 cm³/mol. The van der Waals surface area contributed by atoms with E-state index in [9.17, 15) is 4.79 Å². The van der Waals surface area contributed by atoms with Gasteiger partial charge in [0.05, 0.1) is 11.4 Å². The van der Waals surface area contributed by atoms with Gasteiger partial charge in [0.25, 0.3) is 0 Å². The molecule has 1 aromatic carbocycles. The maximum atomic E-state index is 12.4. The lowest BCUT2D eigenvalue weighted by Gasteiger charge is -2.32. The highest BCUT2D eigenvalue weighted by molar-refractivity contribution is 6.31. The number of rotatable bonds is 4. The van der Waals surface area contributed by atoms with Gasteiger partial charge in [-0.25, -0.2) is 4.99 Å². The number of carbonyl (C=O) groups excluding carboxylic acids is 1. The number of hydrogen-bond acceptors (Lipinski definition) is 3. The zero-order valence-electron chi connectivity index (χ0n) is 13.1. The van der Waals surface area contributed by atoms with Crippen molar-refractivity contribution in [2.24, 2.45) is 4.99 Å². The number of nitrogens with zero attached hydrogens (tertiary/aromatic N) is 3. The molecule has 5 heteroatoms. The van der Waals surface area contributed by atoms with E-state index in [-0.39, 0.29) is 11.8 Å². The van der Waals surface area contributed by atoms with Gasteiger partial charge in [0.2, 0.25) is 5.91 Å². The van der Waals surface area contributed by atoms with E-state index in [4.69, 9.17) is 11.6 Å². The van der Waals surface area contributed by atoms with Crippen LogP contribution in [0.5, 0.6) is 0 Å². The largest absolute Gasteiger partial charge is 0.354 e. The molecule has 0 aromatic heterocycles. The molecule has 0 atom stereocenters. The first kappa shape index (κ1) is 16.3. The molecule has 0 radical (unpaired) electrons. The summed E-state index contributed by atoms with van der Waals surface area (Å²) in [4.78, 5) is 20.3. The summed E-state index contributed by atoms with van der Waals surface area (Å²) >= 11 is 5.82. The van der Waals surface area contributed by atoms with Gasteiger partial charge in [-0.1, -0.05) is 24.8 Å². The molecule has 1 heterocycles. The lowest BCUT2D eigenvalue weighted by atomic mass is 10.1. The second kappa shape index (κ2) is 6.79. The number of anilines is 1. The fraction of sp³-hybridized carbons (Fsp3) is 0.294. The summed E-state index contributed by atoms with van der Waals surface area (Å²) in [6.45, 7) is 8.76. The Balaban J connectivity index is 2.52. The van der Waals surface area contributed by atoms with Gasteiger partial charge in [0, 0.05) is 19.8 Å². The van der Waals surface area contributed by atoms with E-state index in [0.29, 0.717) is 11.5 Å². The summed E-state index contributed by atoms with van der Waals surface area (Å²) in [5.74, 6) is 0.345. The first-order valence-corrected chi connectivity index (χ1v) is 7.59. The minimum Gasteiger partial charge on any atom is -0.354 e. The van der Waals surface area contributed by atoms with E-state index in [1.165, 1.54) is 0 Å². The van der Waals surface area contributed by atoms with Crippen LogP contribution < -0.4 is 4.90 Å². The average Bonchev–Trinajstić information content (AvgIpc) is 2.50. The summed E-state index contributed by atoms with van der Waals surface area (Å²) in [5, 5.41) is 0. The third kappa shape index (κ3) is 3.07. The number of aryl methyl sites for hydroxylation is 2. The summed E-state index contributed by atoms with van der Waals surface area (Å²) < 4.78 is 0. The summed E-state index contributed by atoms with van der Waals surface area (Å²) in [6.07, 6.45) is 3.68. The molecule has 1 aliphatic heterocycles. The summed E-state index contributed by atoms with van der Waals surface area (Å²) in [6, 6.07) is 5.90. The zero-order valence-corrected chi connectivity index (χ0v) is 13.9. The molecule has 0 saturated heterocycles. The van der Waals surface area contributed by atoms with Crippen LogP contribution >= 0.6 is 11.6 Å². The Morgan fingerprint density at radius 3 is 2.59 bits per heavy atom. The smallest absolute Gasteiger partial charge is 0.246 e. The van der Waals surface area contributed by atoms with Gasteiger partial charge in [-0.3, -0.25) is 9.69 Å². The first-order valence-electron chi connectivity index (χ1n) is 7.05. The van der Waals surface area contributed by atoms with Gasteiger partial charge in [-0.15, -0.1) is 11.6 Å². The Labute approximate surface area is 136 Å². The first-order chi connectivity index (χ1) is 10.5. The molecular weight excluding hydrogens is 298 g/mol. The van der Waals surface area contributed by atoms with Gasteiger partial charge < -0.3 is 4.90 Å². The van der Waals surface area contributed by atoms with Gasteiger partial charge in [0.15, 0.2) is 5.84 Å². The van der Waals surface area contributed by atoms with Crippen molar-refractivity contribution in [2.75, 3.05) is 24.4 Å². The van der Waals surface area contributed by atoms with Crippen LogP contribution in [0.3, 0.4) is 0 Å². The quantitative estimate of drug-likeness (QED) is 0.799. The van der Waals surface area contributed by atoms with Crippen LogP contribution in [0.25, 0.3) is 0 Å². The van der Waals surface area contributed by atoms with E-state index in [2.05, 4.69) is 11.6 Å². The highest BCUT2D eigenvalue weighted by Gasteiger charge is 2.26. The second-order valence-electron chi connectivity index (χ2n) is 5.27. The topological polar surface area (TPSA) is 35.9 Å². The van der Waals surface area contributed by atoms with Crippen LogP contribution in [0.15, 0.2) is 47.7 Å². The van der Waals surface area contributed by atoms with Crippen LogP contribution in [0, 0.1) is 13.8 Å². The molecule has 0 aliphatic carbocycles. The van der Waals surface area contributed by atoms with Gasteiger partial charge >= 0.3 is 0 Å². The number of amides is 1. The Bertz CT molecular complexity index is 644. The normalized spacial score (nSPS) is 13.8. The number of carbonyl (C=O) groups is 1. The van der Waals surface area contributed by atoms with E-state index >= 15 is 0 Å². The van der Waals surface area contributed by atoms with Crippen molar-refractivity contribution < 1.29 is 4.79 Å². The maximum absolute atomic E-state index is 12.4. The van der Waals surface area contributed by atoms with E-state index in [0.717, 1.165) is 23.4 Å². The molecule has 0 fully saturated rings. The lowest BCUT2D eigenvalue weighted by Crippen LogP contribution is -2.41. The number of likely N-dealkylation sites (N-methyl/N-ethyl adjacent to an activating group) is 1. The standard InChI is InChI=1S/C17H20ClN3O/c1-12-7-5-8-13(2)16(12)21(15(22)11-18)14(3)17-19-9-6-10-20(17)4/h5-9H,3,10-11H2,1-2,4H3. The Morgan fingerprint density at radius 1 is 1.41 bits per heavy atom. The van der Waals surface area contributed by atoms with Crippen molar-refractivity contribution in [3.8, 4) is 0 Å². The van der Waals surface area contributed by atoms with Gasteiger partial charge in [-0.2, -0.15) is 0 Å². The number of aliphatic imine (C=N–C) groups is 1. The molecule has 116 valence electrons. The molecule has 0 spiro atoms. The van der Waals surface area contributed by atoms with Crippen molar-refractivity contribution in [3.63, 3.8) is 0 Å². The van der Waals surface area contributed by atoms with E-state index in [1.807, 2.05) is 50.1 Å². The number of alkyl halides is 1. The zero-order chi connectivity index (χ0) is 16.3. The van der Waals surface area contributed by atoms with Gasteiger partial charge in [0.1, 0.15) is 5.88 Å². The third-order valence-corrected chi connectivity index (χ3v) is 3.83. The van der Waals surface area contributed by atoms with E-state index in [1.54, 1.807) is 11.1 Å². The fourth-order valence-electron chi connectivity index (χ4n) is 2.54. The van der Waals surface area contributed by atoms with Crippen LogP contribution in [0.2, 0.25) is 0 Å². The van der Waals surface area contributed by atoms with E-state index < -0.39 is 0 Å². The van der Waals surface area contributed by atoms with Crippen molar-refractivity contribution >= 4 is 29.0 Å². The summed E-state index contributed by atoms with van der Waals surface area (Å²) in [7, 11) is 1.92. The molecule has 0 N–H and O–H groups in total. The predicted octanol–water partition coefficient (Wildman–Crippen LogP) is 3.25. The number of para-hydroxylation sites is 1. The van der Waals surface area contributed by atoms with Crippen molar-refractivity contribution in [1.82, 2.24) is 4.90 Å². The molecule has 1 aliphatic rings.